The summed E-state index contributed by atoms with van der Waals surface area (Å²) in [6.07, 6.45) is 4.32. The van der Waals surface area contributed by atoms with Gasteiger partial charge in [-0.25, -0.2) is 0 Å². The second-order valence-corrected chi connectivity index (χ2v) is 10.4. The molecule has 2 saturated heterocycles. The molecule has 1 N–H and O–H groups in total. The molecule has 4 aliphatic rings. The number of fused-ring (bicyclic) bond motifs is 2. The number of nitrogens with one attached hydrogen (secondary N) is 1. The fourth-order valence-corrected chi connectivity index (χ4v) is 5.40. The molecule has 35 heavy (non-hydrogen) atoms. The van der Waals surface area contributed by atoms with Gasteiger partial charge in [-0.15, -0.1) is 0 Å². The van der Waals surface area contributed by atoms with Gasteiger partial charge < -0.3 is 29.5 Å². The van der Waals surface area contributed by atoms with Crippen molar-refractivity contribution < 1.29 is 23.9 Å². The molecule has 3 amide bonds. The highest BCUT2D eigenvalue weighted by molar-refractivity contribution is 6.00. The number of hydrogen-bond donors (Lipinski definition) is 1. The molecule has 9 nitrogen and oxygen atoms in total. The minimum atomic E-state index is -0.297. The van der Waals surface area contributed by atoms with Crippen LogP contribution in [0.2, 0.25) is 0 Å². The number of piperazine rings is 1. The van der Waals surface area contributed by atoms with Gasteiger partial charge in [0.05, 0.1) is 24.1 Å². The molecule has 3 fully saturated rings. The maximum absolute atomic E-state index is 13.4. The molecule has 0 unspecified atom stereocenters. The number of nitrogens with zero attached hydrogens (tertiary/aromatic N) is 3. The van der Waals surface area contributed by atoms with Gasteiger partial charge in [0.15, 0.2) is 0 Å². The van der Waals surface area contributed by atoms with Crippen molar-refractivity contribution in [3.05, 3.63) is 23.8 Å². The monoisotopic (exact) mass is 484 g/mol. The first-order valence-corrected chi connectivity index (χ1v) is 12.9. The van der Waals surface area contributed by atoms with E-state index in [0.29, 0.717) is 30.0 Å². The quantitative estimate of drug-likeness (QED) is 0.703. The van der Waals surface area contributed by atoms with Gasteiger partial charge >= 0.3 is 0 Å². The minimum Gasteiger partial charge on any atom is -0.490 e. The van der Waals surface area contributed by atoms with E-state index in [4.69, 9.17) is 9.47 Å². The Morgan fingerprint density at radius 1 is 1.06 bits per heavy atom. The van der Waals surface area contributed by atoms with Crippen LogP contribution in [0, 0.1) is 5.92 Å². The summed E-state index contributed by atoms with van der Waals surface area (Å²) >= 11 is 0. The van der Waals surface area contributed by atoms with Crippen molar-refractivity contribution in [2.45, 2.75) is 56.8 Å². The number of ether oxygens (including phenoxy) is 2. The zero-order valence-electron chi connectivity index (χ0n) is 20.7. The summed E-state index contributed by atoms with van der Waals surface area (Å²) in [5.41, 5.74) is 1.07. The SMILES string of the molecule is CN1CCN(C(=O)C[C@H]2CC[C@H]3[C@@H](COc4ccc(NC(=O)C5CCC5)cc4C(=O)N3C)O2)CC1. The predicted octanol–water partition coefficient (Wildman–Crippen LogP) is 1.97. The summed E-state index contributed by atoms with van der Waals surface area (Å²) in [6, 6.07) is 5.11. The third-order valence-electron chi connectivity index (χ3n) is 8.01. The summed E-state index contributed by atoms with van der Waals surface area (Å²) in [5.74, 6) is 0.565. The lowest BCUT2D eigenvalue weighted by molar-refractivity contribution is -0.144. The van der Waals surface area contributed by atoms with Crippen LogP contribution in [0.3, 0.4) is 0 Å². The second kappa shape index (κ2) is 10.1. The maximum Gasteiger partial charge on any atom is 0.257 e. The Labute approximate surface area is 206 Å². The lowest BCUT2D eigenvalue weighted by Gasteiger charge is -2.42. The van der Waals surface area contributed by atoms with E-state index in [-0.39, 0.29) is 41.9 Å². The molecule has 1 saturated carbocycles. The standard InChI is InChI=1S/C26H36N4O5/c1-28-10-12-30(13-11-28)24(31)15-19-7-8-21-23(35-19)16-34-22-9-6-18(14-20(22)26(33)29(21)2)27-25(32)17-4-3-5-17/h6,9,14,17,19,21,23H,3-5,7-8,10-13,15-16H2,1-2H3,(H,27,32)/t19-,21+,23-/m1/s1. The minimum absolute atomic E-state index is 0.0154. The number of hydrogen-bond acceptors (Lipinski definition) is 6. The number of carbonyl (C=O) groups is 3. The van der Waals surface area contributed by atoms with Crippen LogP contribution in [-0.2, 0) is 14.3 Å². The van der Waals surface area contributed by atoms with Crippen molar-refractivity contribution in [3.8, 4) is 5.75 Å². The molecule has 5 rings (SSSR count). The van der Waals surface area contributed by atoms with Crippen molar-refractivity contribution >= 4 is 23.4 Å². The van der Waals surface area contributed by atoms with Crippen molar-refractivity contribution in [1.82, 2.24) is 14.7 Å². The van der Waals surface area contributed by atoms with Gasteiger partial charge in [0.2, 0.25) is 11.8 Å². The highest BCUT2D eigenvalue weighted by Crippen LogP contribution is 2.33. The highest BCUT2D eigenvalue weighted by Gasteiger charge is 2.39. The Morgan fingerprint density at radius 2 is 1.83 bits per heavy atom. The summed E-state index contributed by atoms with van der Waals surface area (Å²) in [6.45, 7) is 3.62. The average molecular weight is 485 g/mol. The lowest BCUT2D eigenvalue weighted by Crippen LogP contribution is -2.54. The smallest absolute Gasteiger partial charge is 0.257 e. The van der Waals surface area contributed by atoms with Crippen LogP contribution in [0.1, 0.15) is 48.9 Å². The number of rotatable bonds is 4. The van der Waals surface area contributed by atoms with Gasteiger partial charge in [-0.05, 0) is 50.9 Å². The second-order valence-electron chi connectivity index (χ2n) is 10.4. The Hall–Kier alpha value is -2.65. The molecule has 190 valence electrons. The zero-order chi connectivity index (χ0) is 24.5. The fraction of sp³-hybridized carbons (Fsp3) is 0.654. The van der Waals surface area contributed by atoms with E-state index in [0.717, 1.165) is 58.3 Å². The van der Waals surface area contributed by atoms with Gasteiger partial charge in [-0.1, -0.05) is 6.42 Å². The third kappa shape index (κ3) is 5.16. The molecule has 0 radical (unpaired) electrons. The molecule has 1 aliphatic carbocycles. The van der Waals surface area contributed by atoms with Crippen molar-refractivity contribution in [1.29, 1.82) is 0 Å². The van der Waals surface area contributed by atoms with Crippen molar-refractivity contribution in [2.75, 3.05) is 52.2 Å². The lowest BCUT2D eigenvalue weighted by atomic mass is 9.85. The van der Waals surface area contributed by atoms with E-state index in [1.165, 1.54) is 0 Å². The largest absolute Gasteiger partial charge is 0.490 e. The molecule has 1 aromatic rings. The summed E-state index contributed by atoms with van der Waals surface area (Å²) in [5, 5.41) is 2.95. The molecule has 0 aromatic heterocycles. The molecular formula is C26H36N4O5. The van der Waals surface area contributed by atoms with E-state index in [1.54, 1.807) is 30.1 Å². The molecule has 0 spiro atoms. The first kappa shape index (κ1) is 24.1. The third-order valence-corrected chi connectivity index (χ3v) is 8.01. The normalized spacial score (nSPS) is 27.6. The molecular weight excluding hydrogens is 448 g/mol. The van der Waals surface area contributed by atoms with Crippen LogP contribution < -0.4 is 10.1 Å². The zero-order valence-corrected chi connectivity index (χ0v) is 20.7. The summed E-state index contributed by atoms with van der Waals surface area (Å²) in [7, 11) is 3.87. The van der Waals surface area contributed by atoms with E-state index in [9.17, 15) is 14.4 Å². The molecule has 0 bridgehead atoms. The number of carbonyl (C=O) groups excluding carboxylic acids is 3. The van der Waals surface area contributed by atoms with Gasteiger partial charge in [-0.3, -0.25) is 14.4 Å². The van der Waals surface area contributed by atoms with Crippen LogP contribution in [-0.4, -0.2) is 97.6 Å². The first-order chi connectivity index (χ1) is 16.9. The van der Waals surface area contributed by atoms with Crippen LogP contribution in [0.25, 0.3) is 0 Å². The van der Waals surface area contributed by atoms with E-state index >= 15 is 0 Å². The van der Waals surface area contributed by atoms with Crippen LogP contribution in [0.4, 0.5) is 5.69 Å². The number of amides is 3. The maximum atomic E-state index is 13.4. The number of anilines is 1. The van der Waals surface area contributed by atoms with Gasteiger partial charge in [-0.2, -0.15) is 0 Å². The van der Waals surface area contributed by atoms with Crippen LogP contribution in [0.5, 0.6) is 5.75 Å². The molecule has 3 atom stereocenters. The molecule has 1 aromatic carbocycles. The summed E-state index contributed by atoms with van der Waals surface area (Å²) in [4.78, 5) is 44.5. The van der Waals surface area contributed by atoms with Gasteiger partial charge in [0.1, 0.15) is 18.5 Å². The Kier molecular flexibility index (Phi) is 6.98. The van der Waals surface area contributed by atoms with Crippen molar-refractivity contribution in [3.63, 3.8) is 0 Å². The Balaban J connectivity index is 1.23. The molecule has 3 aliphatic heterocycles. The van der Waals surface area contributed by atoms with Crippen molar-refractivity contribution in [2.24, 2.45) is 5.92 Å². The fourth-order valence-electron chi connectivity index (χ4n) is 5.40. The first-order valence-electron chi connectivity index (χ1n) is 12.9. The van der Waals surface area contributed by atoms with Gasteiger partial charge in [0, 0.05) is 44.8 Å². The summed E-state index contributed by atoms with van der Waals surface area (Å²) < 4.78 is 12.4. The van der Waals surface area contributed by atoms with E-state index < -0.39 is 0 Å². The number of likely N-dealkylation sites (N-methyl/N-ethyl adjacent to an activating group) is 2. The van der Waals surface area contributed by atoms with E-state index in [1.807, 2.05) is 4.90 Å². The topological polar surface area (TPSA) is 91.4 Å². The Morgan fingerprint density at radius 3 is 2.54 bits per heavy atom. The highest BCUT2D eigenvalue weighted by atomic mass is 16.5. The van der Waals surface area contributed by atoms with Crippen LogP contribution in [0.15, 0.2) is 18.2 Å². The molecule has 3 heterocycles. The van der Waals surface area contributed by atoms with Crippen LogP contribution >= 0.6 is 0 Å². The number of benzene rings is 1. The average Bonchev–Trinajstić information content (AvgIpc) is 2.81. The predicted molar refractivity (Wildman–Crippen MR) is 130 cm³/mol. The Bertz CT molecular complexity index is 972. The molecule has 9 heteroatoms. The van der Waals surface area contributed by atoms with Gasteiger partial charge in [0.25, 0.3) is 5.91 Å². The van der Waals surface area contributed by atoms with E-state index in [2.05, 4.69) is 17.3 Å².